The summed E-state index contributed by atoms with van der Waals surface area (Å²) < 4.78 is 23.8. The van der Waals surface area contributed by atoms with Gasteiger partial charge in [0, 0.05) is 43.6 Å². The molecule has 1 aromatic heterocycles. The summed E-state index contributed by atoms with van der Waals surface area (Å²) in [6, 6.07) is 4.70. The Labute approximate surface area is 133 Å². The molecule has 1 aromatic carbocycles. The fraction of sp³-hybridized carbons (Fsp3) is 0.438. The first-order chi connectivity index (χ1) is 10.6. The highest BCUT2D eigenvalue weighted by atomic mass is 35.5. The van der Waals surface area contributed by atoms with E-state index in [9.17, 15) is 4.39 Å². The summed E-state index contributed by atoms with van der Waals surface area (Å²) in [5, 5.41) is 4.48. The van der Waals surface area contributed by atoms with Gasteiger partial charge in [-0.15, -0.1) is 0 Å². The Hall–Kier alpha value is -1.59. The van der Waals surface area contributed by atoms with Crippen LogP contribution in [0.5, 0.6) is 5.75 Å². The van der Waals surface area contributed by atoms with Crippen molar-refractivity contribution in [1.29, 1.82) is 0 Å². The van der Waals surface area contributed by atoms with Crippen molar-refractivity contribution < 1.29 is 9.13 Å². The second-order valence-corrected chi connectivity index (χ2v) is 6.35. The largest absolute Gasteiger partial charge is 0.482 e. The van der Waals surface area contributed by atoms with E-state index in [1.165, 1.54) is 12.1 Å². The molecule has 0 aliphatic carbocycles. The molecule has 22 heavy (non-hydrogen) atoms. The van der Waals surface area contributed by atoms with Crippen molar-refractivity contribution in [3.05, 3.63) is 35.8 Å². The number of fused-ring (bicyclic) bond motifs is 4. The van der Waals surface area contributed by atoms with Gasteiger partial charge in [-0.05, 0) is 36.9 Å². The molecule has 3 heterocycles. The monoisotopic (exact) mass is 321 g/mol. The van der Waals surface area contributed by atoms with E-state index < -0.39 is 5.60 Å². The summed E-state index contributed by atoms with van der Waals surface area (Å²) in [7, 11) is 0. The zero-order valence-corrected chi connectivity index (χ0v) is 13.1. The van der Waals surface area contributed by atoms with E-state index in [0.29, 0.717) is 0 Å². The lowest BCUT2D eigenvalue weighted by Crippen LogP contribution is -2.44. The van der Waals surface area contributed by atoms with E-state index in [1.807, 2.05) is 17.8 Å². The predicted molar refractivity (Wildman–Crippen MR) is 82.3 cm³/mol. The van der Waals surface area contributed by atoms with E-state index in [-0.39, 0.29) is 5.82 Å². The molecule has 1 spiro atoms. The molecular formula is C16H17ClFN3O. The van der Waals surface area contributed by atoms with Crippen molar-refractivity contribution in [2.45, 2.75) is 31.9 Å². The Morgan fingerprint density at radius 2 is 2.14 bits per heavy atom. The minimum absolute atomic E-state index is 0.260. The molecule has 2 aliphatic rings. The number of halogens is 2. The molecule has 1 saturated heterocycles. The van der Waals surface area contributed by atoms with Crippen molar-refractivity contribution in [3.63, 3.8) is 0 Å². The number of rotatable bonds is 1. The summed E-state index contributed by atoms with van der Waals surface area (Å²) in [6.45, 7) is 4.29. The first kappa shape index (κ1) is 14.0. The molecule has 0 atom stereocenters. The van der Waals surface area contributed by atoms with E-state index >= 15 is 0 Å². The van der Waals surface area contributed by atoms with Crippen LogP contribution in [0.1, 0.15) is 25.3 Å². The summed E-state index contributed by atoms with van der Waals surface area (Å²) in [6.07, 6.45) is 3.47. The number of aryl methyl sites for hydroxylation is 1. The van der Waals surface area contributed by atoms with Crippen LogP contribution in [0.3, 0.4) is 0 Å². The number of benzene rings is 1. The fourth-order valence-electron chi connectivity index (χ4n) is 3.50. The van der Waals surface area contributed by atoms with Crippen molar-refractivity contribution in [2.75, 3.05) is 13.1 Å². The molecule has 0 bridgehead atoms. The number of piperidine rings is 1. The van der Waals surface area contributed by atoms with Gasteiger partial charge in [-0.25, -0.2) is 8.81 Å². The molecule has 6 heteroatoms. The van der Waals surface area contributed by atoms with Crippen molar-refractivity contribution in [3.8, 4) is 17.0 Å². The highest BCUT2D eigenvalue weighted by molar-refractivity contribution is 6.13. The number of hydrogen-bond acceptors (Lipinski definition) is 3. The van der Waals surface area contributed by atoms with Crippen molar-refractivity contribution in [1.82, 2.24) is 14.2 Å². The van der Waals surface area contributed by atoms with Crippen molar-refractivity contribution in [2.24, 2.45) is 0 Å². The van der Waals surface area contributed by atoms with E-state index in [4.69, 9.17) is 16.5 Å². The van der Waals surface area contributed by atoms with Gasteiger partial charge >= 0.3 is 0 Å². The lowest BCUT2D eigenvalue weighted by Gasteiger charge is -2.42. The standard InChI is InChI=1S/C16H17ClFN3O/c1-2-21-15-12-9-11(18)3-4-14(12)22-16(13(15)10-19-21)5-7-20(17)8-6-16/h3-4,9-10H,2,5-8H2,1H3. The molecule has 2 aliphatic heterocycles. The Kier molecular flexibility index (Phi) is 3.16. The first-order valence-corrected chi connectivity index (χ1v) is 7.93. The third-order valence-corrected chi connectivity index (χ3v) is 4.99. The quantitative estimate of drug-likeness (QED) is 0.753. The molecule has 4 nitrogen and oxygen atoms in total. The third-order valence-electron chi connectivity index (χ3n) is 4.65. The molecule has 0 N–H and O–H groups in total. The molecule has 0 unspecified atom stereocenters. The lowest BCUT2D eigenvalue weighted by atomic mass is 9.81. The first-order valence-electron chi connectivity index (χ1n) is 7.59. The zero-order valence-electron chi connectivity index (χ0n) is 12.4. The van der Waals surface area contributed by atoms with Gasteiger partial charge in [0.25, 0.3) is 0 Å². The van der Waals surface area contributed by atoms with Gasteiger partial charge in [0.2, 0.25) is 0 Å². The maximum Gasteiger partial charge on any atom is 0.140 e. The van der Waals surface area contributed by atoms with Gasteiger partial charge in [0.1, 0.15) is 17.2 Å². The Morgan fingerprint density at radius 1 is 1.36 bits per heavy atom. The van der Waals surface area contributed by atoms with Crippen LogP contribution in [0.15, 0.2) is 24.4 Å². The van der Waals surface area contributed by atoms with E-state index in [1.54, 1.807) is 10.5 Å². The van der Waals surface area contributed by atoms with Gasteiger partial charge in [-0.1, -0.05) is 0 Å². The summed E-state index contributed by atoms with van der Waals surface area (Å²) >= 11 is 6.11. The summed E-state index contributed by atoms with van der Waals surface area (Å²) in [5.41, 5.74) is 2.41. The average molecular weight is 322 g/mol. The van der Waals surface area contributed by atoms with Crippen LogP contribution >= 0.6 is 11.8 Å². The maximum atomic E-state index is 13.7. The van der Waals surface area contributed by atoms with Crippen LogP contribution in [0.25, 0.3) is 11.3 Å². The SMILES string of the molecule is CCn1ncc2c1-c1cc(F)ccc1OC21CCN(Cl)CC1. The highest BCUT2D eigenvalue weighted by Crippen LogP contribution is 2.49. The number of ether oxygens (including phenoxy) is 1. The molecule has 0 amide bonds. The zero-order chi connectivity index (χ0) is 15.3. The van der Waals surface area contributed by atoms with Crippen LogP contribution in [0, 0.1) is 5.82 Å². The second-order valence-electron chi connectivity index (χ2n) is 5.87. The maximum absolute atomic E-state index is 13.7. The van der Waals surface area contributed by atoms with Crippen LogP contribution in [-0.4, -0.2) is 27.3 Å². The minimum Gasteiger partial charge on any atom is -0.482 e. The Bertz CT molecular complexity index is 722. The molecule has 2 aromatic rings. The highest BCUT2D eigenvalue weighted by Gasteiger charge is 2.45. The number of aromatic nitrogens is 2. The lowest BCUT2D eigenvalue weighted by molar-refractivity contribution is 0.0137. The second kappa shape index (κ2) is 4.96. The van der Waals surface area contributed by atoms with E-state index in [2.05, 4.69) is 5.10 Å². The van der Waals surface area contributed by atoms with Gasteiger partial charge in [0.15, 0.2) is 0 Å². The van der Waals surface area contributed by atoms with E-state index in [0.717, 1.165) is 55.0 Å². The summed E-state index contributed by atoms with van der Waals surface area (Å²) in [5.74, 6) is 0.468. The van der Waals surface area contributed by atoms with Gasteiger partial charge < -0.3 is 4.74 Å². The molecule has 0 saturated carbocycles. The third kappa shape index (κ3) is 1.96. The fourth-order valence-corrected chi connectivity index (χ4v) is 3.67. The number of nitrogens with zero attached hydrogens (tertiary/aromatic N) is 3. The van der Waals surface area contributed by atoms with Crippen LogP contribution in [-0.2, 0) is 12.1 Å². The summed E-state index contributed by atoms with van der Waals surface area (Å²) in [4.78, 5) is 0. The van der Waals surface area contributed by atoms with Crippen LogP contribution < -0.4 is 4.74 Å². The number of hydrogen-bond donors (Lipinski definition) is 0. The molecular weight excluding hydrogens is 305 g/mol. The molecule has 116 valence electrons. The molecule has 0 radical (unpaired) electrons. The minimum atomic E-state index is -0.404. The van der Waals surface area contributed by atoms with Crippen LogP contribution in [0.2, 0.25) is 0 Å². The normalized spacial score (nSPS) is 19.6. The van der Waals surface area contributed by atoms with Gasteiger partial charge in [0.05, 0.1) is 11.9 Å². The van der Waals surface area contributed by atoms with Crippen molar-refractivity contribution >= 4 is 11.8 Å². The smallest absolute Gasteiger partial charge is 0.140 e. The van der Waals surface area contributed by atoms with Crippen LogP contribution in [0.4, 0.5) is 4.39 Å². The molecule has 1 fully saturated rings. The Morgan fingerprint density at radius 3 is 2.86 bits per heavy atom. The average Bonchev–Trinajstić information content (AvgIpc) is 2.96. The molecule has 4 rings (SSSR count). The van der Waals surface area contributed by atoms with Gasteiger partial charge in [-0.3, -0.25) is 4.68 Å². The van der Waals surface area contributed by atoms with Gasteiger partial charge in [-0.2, -0.15) is 5.10 Å². The topological polar surface area (TPSA) is 30.3 Å². The Balaban J connectivity index is 1.91. The predicted octanol–water partition coefficient (Wildman–Crippen LogP) is 3.55.